The average molecular weight is 222 g/mol. The third kappa shape index (κ3) is 2.77. The van der Waals surface area contributed by atoms with Gasteiger partial charge in [-0.05, 0) is 37.0 Å². The van der Waals surface area contributed by atoms with Crippen LogP contribution in [-0.4, -0.2) is 23.8 Å². The van der Waals surface area contributed by atoms with Crippen LogP contribution < -0.4 is 10.2 Å². The molecule has 0 amide bonds. The van der Waals surface area contributed by atoms with Crippen molar-refractivity contribution in [1.82, 2.24) is 0 Å². The quantitative estimate of drug-likeness (QED) is 0.752. The van der Waals surface area contributed by atoms with Gasteiger partial charge in [-0.25, -0.2) is 0 Å². The van der Waals surface area contributed by atoms with E-state index >= 15 is 0 Å². The van der Waals surface area contributed by atoms with Gasteiger partial charge >= 0.3 is 7.12 Å². The van der Waals surface area contributed by atoms with Crippen LogP contribution in [0, 0.1) is 6.92 Å². The molecule has 1 aromatic rings. The summed E-state index contributed by atoms with van der Waals surface area (Å²) in [7, 11) is -1.49. The van der Waals surface area contributed by atoms with E-state index < -0.39 is 7.12 Å². The minimum Gasteiger partial charge on any atom is -0.494 e. The van der Waals surface area contributed by atoms with E-state index in [2.05, 4.69) is 13.8 Å². The molecule has 0 atom stereocenters. The van der Waals surface area contributed by atoms with Crippen LogP contribution in [0.4, 0.5) is 0 Å². The number of hydrogen-bond acceptors (Lipinski definition) is 3. The molecule has 16 heavy (non-hydrogen) atoms. The van der Waals surface area contributed by atoms with Gasteiger partial charge in [-0.2, -0.15) is 0 Å². The monoisotopic (exact) mass is 222 g/mol. The molecule has 0 fully saturated rings. The Bertz CT molecular complexity index is 362. The Morgan fingerprint density at radius 1 is 1.31 bits per heavy atom. The van der Waals surface area contributed by atoms with Gasteiger partial charge in [-0.15, -0.1) is 0 Å². The lowest BCUT2D eigenvalue weighted by Gasteiger charge is -2.16. The molecule has 88 valence electrons. The van der Waals surface area contributed by atoms with Crippen molar-refractivity contribution >= 4 is 12.6 Å². The molecule has 0 aliphatic carbocycles. The first-order valence-electron chi connectivity index (χ1n) is 5.60. The van der Waals surface area contributed by atoms with Gasteiger partial charge in [0.2, 0.25) is 0 Å². The third-order valence-electron chi connectivity index (χ3n) is 2.60. The van der Waals surface area contributed by atoms with Gasteiger partial charge in [-0.3, -0.25) is 0 Å². The van der Waals surface area contributed by atoms with Crippen molar-refractivity contribution in [2.45, 2.75) is 33.6 Å². The predicted octanol–water partition coefficient (Wildman–Crippen LogP) is 1.20. The third-order valence-corrected chi connectivity index (χ3v) is 2.60. The molecule has 4 heteroatoms. The fraction of sp³-hybridized carbons (Fsp3) is 0.500. The maximum Gasteiger partial charge on any atom is 0.492 e. The molecule has 1 aromatic carbocycles. The predicted molar refractivity (Wildman–Crippen MR) is 66.3 cm³/mol. The average Bonchev–Trinajstić information content (AvgIpc) is 2.17. The van der Waals surface area contributed by atoms with Crippen LogP contribution in [0.3, 0.4) is 0 Å². The van der Waals surface area contributed by atoms with Crippen LogP contribution in [-0.2, 0) is 0 Å². The van der Waals surface area contributed by atoms with E-state index in [4.69, 9.17) is 4.74 Å². The van der Waals surface area contributed by atoms with Crippen molar-refractivity contribution in [3.63, 3.8) is 0 Å². The van der Waals surface area contributed by atoms with E-state index in [-0.39, 0.29) is 0 Å². The molecule has 0 radical (unpaired) electrons. The Kier molecular flexibility index (Phi) is 4.39. The molecule has 0 aliphatic rings. The maximum atomic E-state index is 9.30. The second-order valence-electron chi connectivity index (χ2n) is 4.21. The van der Waals surface area contributed by atoms with Gasteiger partial charge < -0.3 is 14.8 Å². The number of rotatable bonds is 4. The summed E-state index contributed by atoms with van der Waals surface area (Å²) < 4.78 is 5.39. The molecule has 0 bridgehead atoms. The number of aryl methyl sites for hydroxylation is 1. The highest BCUT2D eigenvalue weighted by Crippen LogP contribution is 2.22. The standard InChI is InChI=1S/C12H19BO3/c1-5-16-12-6-9(4)10(8(2)3)7-11(12)13(14)15/h6-8,14-15H,5H2,1-4H3. The zero-order valence-corrected chi connectivity index (χ0v) is 10.3. The van der Waals surface area contributed by atoms with E-state index in [1.807, 2.05) is 26.0 Å². The summed E-state index contributed by atoms with van der Waals surface area (Å²) >= 11 is 0. The number of benzene rings is 1. The molecule has 0 aliphatic heterocycles. The zero-order chi connectivity index (χ0) is 12.3. The summed E-state index contributed by atoms with van der Waals surface area (Å²) in [5, 5.41) is 18.6. The second kappa shape index (κ2) is 5.37. The molecular weight excluding hydrogens is 203 g/mol. The first-order chi connectivity index (χ1) is 7.47. The van der Waals surface area contributed by atoms with Crippen LogP contribution in [0.1, 0.15) is 37.8 Å². The first kappa shape index (κ1) is 13.1. The zero-order valence-electron chi connectivity index (χ0n) is 10.3. The van der Waals surface area contributed by atoms with Gasteiger partial charge in [0.15, 0.2) is 0 Å². The van der Waals surface area contributed by atoms with Crippen LogP contribution >= 0.6 is 0 Å². The second-order valence-corrected chi connectivity index (χ2v) is 4.21. The smallest absolute Gasteiger partial charge is 0.492 e. The summed E-state index contributed by atoms with van der Waals surface area (Å²) in [6.07, 6.45) is 0. The Labute approximate surface area is 97.2 Å². The van der Waals surface area contributed by atoms with Gasteiger partial charge in [0.05, 0.1) is 6.61 Å². The molecule has 0 saturated carbocycles. The van der Waals surface area contributed by atoms with Gasteiger partial charge in [0.1, 0.15) is 5.75 Å². The summed E-state index contributed by atoms with van der Waals surface area (Å²) in [6.45, 7) is 8.55. The van der Waals surface area contributed by atoms with Crippen molar-refractivity contribution in [3.05, 3.63) is 23.3 Å². The highest BCUT2D eigenvalue weighted by molar-refractivity contribution is 6.59. The fourth-order valence-corrected chi connectivity index (χ4v) is 1.82. The van der Waals surface area contributed by atoms with Gasteiger partial charge in [-0.1, -0.05) is 19.9 Å². The van der Waals surface area contributed by atoms with E-state index in [0.717, 1.165) is 11.1 Å². The van der Waals surface area contributed by atoms with Crippen LogP contribution in [0.5, 0.6) is 5.75 Å². The van der Waals surface area contributed by atoms with E-state index in [9.17, 15) is 10.0 Å². The summed E-state index contributed by atoms with van der Waals surface area (Å²) in [5.41, 5.74) is 2.67. The largest absolute Gasteiger partial charge is 0.494 e. The molecule has 2 N–H and O–H groups in total. The minimum atomic E-state index is -1.49. The molecule has 0 aromatic heterocycles. The summed E-state index contributed by atoms with van der Waals surface area (Å²) in [4.78, 5) is 0. The molecule has 3 nitrogen and oxygen atoms in total. The lowest BCUT2D eigenvalue weighted by atomic mass is 9.77. The highest BCUT2D eigenvalue weighted by Gasteiger charge is 2.19. The van der Waals surface area contributed by atoms with E-state index in [1.54, 1.807) is 0 Å². The summed E-state index contributed by atoms with van der Waals surface area (Å²) in [6, 6.07) is 3.68. The molecule has 0 spiro atoms. The SMILES string of the molecule is CCOc1cc(C)c(C(C)C)cc1B(O)O. The molecule has 0 heterocycles. The number of ether oxygens (including phenoxy) is 1. The Balaban J connectivity index is 3.25. The highest BCUT2D eigenvalue weighted by atomic mass is 16.5. The molecular formula is C12H19BO3. The fourth-order valence-electron chi connectivity index (χ4n) is 1.82. The Morgan fingerprint density at radius 2 is 1.94 bits per heavy atom. The van der Waals surface area contributed by atoms with Crippen LogP contribution in [0.25, 0.3) is 0 Å². The van der Waals surface area contributed by atoms with Gasteiger partial charge in [0.25, 0.3) is 0 Å². The van der Waals surface area contributed by atoms with E-state index in [0.29, 0.717) is 23.7 Å². The molecule has 0 unspecified atom stereocenters. The van der Waals surface area contributed by atoms with Crippen molar-refractivity contribution in [2.24, 2.45) is 0 Å². The lowest BCUT2D eigenvalue weighted by molar-refractivity contribution is 0.339. The Morgan fingerprint density at radius 3 is 2.38 bits per heavy atom. The lowest BCUT2D eigenvalue weighted by Crippen LogP contribution is -2.32. The van der Waals surface area contributed by atoms with E-state index in [1.165, 1.54) is 0 Å². The Hall–Kier alpha value is -0.995. The first-order valence-corrected chi connectivity index (χ1v) is 5.60. The summed E-state index contributed by atoms with van der Waals surface area (Å²) in [5.74, 6) is 0.910. The van der Waals surface area contributed by atoms with Crippen molar-refractivity contribution < 1.29 is 14.8 Å². The normalized spacial score (nSPS) is 10.7. The van der Waals surface area contributed by atoms with Crippen molar-refractivity contribution in [1.29, 1.82) is 0 Å². The van der Waals surface area contributed by atoms with Crippen molar-refractivity contribution in [2.75, 3.05) is 6.61 Å². The number of hydrogen-bond donors (Lipinski definition) is 2. The maximum absolute atomic E-state index is 9.30. The topological polar surface area (TPSA) is 49.7 Å². The minimum absolute atomic E-state index is 0.355. The molecule has 1 rings (SSSR count). The van der Waals surface area contributed by atoms with Gasteiger partial charge in [0, 0.05) is 5.46 Å². The molecule has 0 saturated heterocycles. The van der Waals surface area contributed by atoms with Crippen LogP contribution in [0.2, 0.25) is 0 Å². The van der Waals surface area contributed by atoms with Crippen molar-refractivity contribution in [3.8, 4) is 5.75 Å². The van der Waals surface area contributed by atoms with Crippen LogP contribution in [0.15, 0.2) is 12.1 Å².